The molecule has 0 aromatic carbocycles. The van der Waals surface area contributed by atoms with Crippen LogP contribution in [0, 0.1) is 11.3 Å². The quantitative estimate of drug-likeness (QED) is 0.797. The SMILES string of the molecule is C[C@H]1C[C@@]2(C(C)(C)C)CCCN2[C@H]1c1ccn(C2CCCCO2)n1. The molecule has 3 saturated heterocycles. The number of aromatic nitrogens is 2. The molecule has 4 nitrogen and oxygen atoms in total. The summed E-state index contributed by atoms with van der Waals surface area (Å²) in [6.07, 6.45) is 9.79. The molecule has 4 heteroatoms. The molecule has 134 valence electrons. The molecule has 4 atom stereocenters. The Balaban J connectivity index is 1.61. The molecule has 0 spiro atoms. The van der Waals surface area contributed by atoms with E-state index in [1.165, 1.54) is 44.3 Å². The average Bonchev–Trinajstić information content (AvgIpc) is 3.21. The summed E-state index contributed by atoms with van der Waals surface area (Å²) >= 11 is 0. The highest BCUT2D eigenvalue weighted by molar-refractivity contribution is 5.19. The smallest absolute Gasteiger partial charge is 0.150 e. The van der Waals surface area contributed by atoms with Crippen molar-refractivity contribution in [1.29, 1.82) is 0 Å². The third-order valence-electron chi connectivity index (χ3n) is 6.85. The Bertz CT molecular complexity index is 584. The number of hydrogen-bond acceptors (Lipinski definition) is 3. The van der Waals surface area contributed by atoms with E-state index in [0.717, 1.165) is 13.0 Å². The van der Waals surface area contributed by atoms with Crippen molar-refractivity contribution in [3.8, 4) is 0 Å². The molecular formula is C20H33N3O. The van der Waals surface area contributed by atoms with Crippen molar-refractivity contribution < 1.29 is 4.74 Å². The van der Waals surface area contributed by atoms with Crippen LogP contribution in [0.15, 0.2) is 12.3 Å². The fraction of sp³-hybridized carbons (Fsp3) is 0.850. The summed E-state index contributed by atoms with van der Waals surface area (Å²) in [6, 6.07) is 2.72. The summed E-state index contributed by atoms with van der Waals surface area (Å²) in [5.74, 6) is 0.667. The van der Waals surface area contributed by atoms with Gasteiger partial charge in [-0.2, -0.15) is 5.10 Å². The van der Waals surface area contributed by atoms with Gasteiger partial charge in [-0.3, -0.25) is 4.90 Å². The summed E-state index contributed by atoms with van der Waals surface area (Å²) in [5, 5.41) is 4.99. The molecule has 0 N–H and O–H groups in total. The largest absolute Gasteiger partial charge is 0.357 e. The van der Waals surface area contributed by atoms with Crippen LogP contribution in [0.1, 0.15) is 84.2 Å². The maximum absolute atomic E-state index is 5.91. The summed E-state index contributed by atoms with van der Waals surface area (Å²) in [7, 11) is 0. The van der Waals surface area contributed by atoms with Gasteiger partial charge in [0.15, 0.2) is 0 Å². The minimum atomic E-state index is 0.148. The van der Waals surface area contributed by atoms with Gasteiger partial charge < -0.3 is 4.74 Å². The Hall–Kier alpha value is -0.870. The van der Waals surface area contributed by atoms with Crippen molar-refractivity contribution in [2.45, 2.75) is 84.0 Å². The molecule has 0 aliphatic carbocycles. The minimum absolute atomic E-state index is 0.148. The second kappa shape index (κ2) is 5.84. The second-order valence-corrected chi connectivity index (χ2v) is 9.25. The molecule has 24 heavy (non-hydrogen) atoms. The highest BCUT2D eigenvalue weighted by Crippen LogP contribution is 2.58. The summed E-state index contributed by atoms with van der Waals surface area (Å²) < 4.78 is 7.99. The van der Waals surface area contributed by atoms with Crippen LogP contribution in [-0.4, -0.2) is 33.4 Å². The van der Waals surface area contributed by atoms with Crippen LogP contribution in [0.4, 0.5) is 0 Å². The Kier molecular flexibility index (Phi) is 4.04. The molecule has 0 amide bonds. The van der Waals surface area contributed by atoms with Crippen LogP contribution in [0.3, 0.4) is 0 Å². The lowest BCUT2D eigenvalue weighted by molar-refractivity contribution is -0.0401. The Morgan fingerprint density at radius 1 is 1.25 bits per heavy atom. The first-order valence-electron chi connectivity index (χ1n) is 9.86. The van der Waals surface area contributed by atoms with Crippen LogP contribution in [0.5, 0.6) is 0 Å². The van der Waals surface area contributed by atoms with Crippen LogP contribution >= 0.6 is 0 Å². The molecule has 4 rings (SSSR count). The fourth-order valence-electron chi connectivity index (χ4n) is 5.64. The van der Waals surface area contributed by atoms with Gasteiger partial charge in [-0.25, -0.2) is 4.68 Å². The third-order valence-corrected chi connectivity index (χ3v) is 6.85. The summed E-state index contributed by atoms with van der Waals surface area (Å²) in [5.41, 5.74) is 1.92. The predicted molar refractivity (Wildman–Crippen MR) is 95.7 cm³/mol. The molecule has 1 unspecified atom stereocenters. The van der Waals surface area contributed by atoms with E-state index in [1.54, 1.807) is 0 Å². The van der Waals surface area contributed by atoms with E-state index in [1.807, 2.05) is 0 Å². The maximum atomic E-state index is 5.91. The molecule has 3 aliphatic heterocycles. The normalized spacial score (nSPS) is 37.8. The van der Waals surface area contributed by atoms with E-state index in [-0.39, 0.29) is 6.23 Å². The van der Waals surface area contributed by atoms with E-state index in [0.29, 0.717) is 22.9 Å². The highest BCUT2D eigenvalue weighted by atomic mass is 16.5. The fourth-order valence-corrected chi connectivity index (χ4v) is 5.64. The van der Waals surface area contributed by atoms with Gasteiger partial charge in [0.25, 0.3) is 0 Å². The van der Waals surface area contributed by atoms with Crippen LogP contribution in [0.2, 0.25) is 0 Å². The van der Waals surface area contributed by atoms with Crippen molar-refractivity contribution >= 4 is 0 Å². The van der Waals surface area contributed by atoms with Crippen molar-refractivity contribution in [1.82, 2.24) is 14.7 Å². The Morgan fingerprint density at radius 3 is 2.79 bits per heavy atom. The van der Waals surface area contributed by atoms with E-state index in [2.05, 4.69) is 49.5 Å². The van der Waals surface area contributed by atoms with Crippen molar-refractivity contribution in [3.05, 3.63) is 18.0 Å². The van der Waals surface area contributed by atoms with Crippen LogP contribution < -0.4 is 0 Å². The molecule has 1 aromatic heterocycles. The van der Waals surface area contributed by atoms with Gasteiger partial charge in [0, 0.05) is 18.3 Å². The van der Waals surface area contributed by atoms with Gasteiger partial charge in [-0.1, -0.05) is 27.7 Å². The lowest BCUT2D eigenvalue weighted by atomic mass is 9.70. The second-order valence-electron chi connectivity index (χ2n) is 9.25. The molecule has 0 bridgehead atoms. The van der Waals surface area contributed by atoms with Gasteiger partial charge in [-0.05, 0) is 62.5 Å². The Morgan fingerprint density at radius 2 is 2.08 bits per heavy atom. The highest BCUT2D eigenvalue weighted by Gasteiger charge is 2.58. The zero-order valence-electron chi connectivity index (χ0n) is 15.8. The monoisotopic (exact) mass is 331 g/mol. The van der Waals surface area contributed by atoms with Gasteiger partial charge in [0.05, 0.1) is 11.7 Å². The van der Waals surface area contributed by atoms with Gasteiger partial charge in [-0.15, -0.1) is 0 Å². The molecule has 3 fully saturated rings. The lowest BCUT2D eigenvalue weighted by Gasteiger charge is -2.45. The van der Waals surface area contributed by atoms with Crippen molar-refractivity contribution in [3.63, 3.8) is 0 Å². The van der Waals surface area contributed by atoms with E-state index in [9.17, 15) is 0 Å². The zero-order valence-corrected chi connectivity index (χ0v) is 15.8. The average molecular weight is 332 g/mol. The predicted octanol–water partition coefficient (Wildman–Crippen LogP) is 4.54. The number of ether oxygens (including phenoxy) is 1. The standard InChI is InChI=1S/C20H33N3O/c1-15-14-20(19(2,3)4)10-7-11-22(20)18(15)16-9-12-23(21-16)17-8-5-6-13-24-17/h9,12,15,17-18H,5-8,10-11,13-14H2,1-4H3/t15-,17?,18+,20+/m0/s1. The maximum Gasteiger partial charge on any atom is 0.150 e. The first-order chi connectivity index (χ1) is 11.4. The number of nitrogens with zero attached hydrogens (tertiary/aromatic N) is 3. The number of fused-ring (bicyclic) bond motifs is 1. The topological polar surface area (TPSA) is 30.3 Å². The van der Waals surface area contributed by atoms with Gasteiger partial charge >= 0.3 is 0 Å². The van der Waals surface area contributed by atoms with Crippen LogP contribution in [0.25, 0.3) is 0 Å². The van der Waals surface area contributed by atoms with Gasteiger partial charge in [0.2, 0.25) is 0 Å². The molecule has 1 aromatic rings. The Labute approximate surface area is 146 Å². The zero-order chi connectivity index (χ0) is 16.9. The first kappa shape index (κ1) is 16.6. The van der Waals surface area contributed by atoms with E-state index < -0.39 is 0 Å². The molecular weight excluding hydrogens is 298 g/mol. The summed E-state index contributed by atoms with van der Waals surface area (Å²) in [4.78, 5) is 2.80. The lowest BCUT2D eigenvalue weighted by Crippen LogP contribution is -2.49. The molecule has 4 heterocycles. The van der Waals surface area contributed by atoms with E-state index in [4.69, 9.17) is 9.84 Å². The molecule has 0 saturated carbocycles. The molecule has 3 aliphatic rings. The number of hydrogen-bond donors (Lipinski definition) is 0. The molecule has 0 radical (unpaired) electrons. The van der Waals surface area contributed by atoms with Gasteiger partial charge in [0.1, 0.15) is 6.23 Å². The van der Waals surface area contributed by atoms with Crippen molar-refractivity contribution in [2.24, 2.45) is 11.3 Å². The number of rotatable bonds is 2. The van der Waals surface area contributed by atoms with Crippen LogP contribution in [-0.2, 0) is 4.74 Å². The minimum Gasteiger partial charge on any atom is -0.357 e. The van der Waals surface area contributed by atoms with Crippen molar-refractivity contribution in [2.75, 3.05) is 13.2 Å². The third kappa shape index (κ3) is 2.45. The first-order valence-corrected chi connectivity index (χ1v) is 9.86. The van der Waals surface area contributed by atoms with E-state index >= 15 is 0 Å². The summed E-state index contributed by atoms with van der Waals surface area (Å²) in [6.45, 7) is 11.8.